The van der Waals surface area contributed by atoms with E-state index in [0.29, 0.717) is 0 Å². The summed E-state index contributed by atoms with van der Waals surface area (Å²) in [6.45, 7) is 3.43. The van der Waals surface area contributed by atoms with Crippen LogP contribution in [0.5, 0.6) is 5.75 Å². The lowest BCUT2D eigenvalue weighted by Crippen LogP contribution is -2.46. The van der Waals surface area contributed by atoms with E-state index in [1.807, 2.05) is 25.1 Å². The van der Waals surface area contributed by atoms with E-state index in [4.69, 9.17) is 15.6 Å². The van der Waals surface area contributed by atoms with Gasteiger partial charge in [-0.05, 0) is 31.0 Å². The average molecular weight is 223 g/mol. The predicted octanol–water partition coefficient (Wildman–Crippen LogP) is 1.35. The Bertz CT molecular complexity index is 399. The van der Waals surface area contributed by atoms with Crippen LogP contribution in [-0.2, 0) is 11.2 Å². The first-order chi connectivity index (χ1) is 7.36. The maximum atomic E-state index is 10.9. The summed E-state index contributed by atoms with van der Waals surface area (Å²) in [6, 6.07) is 5.58. The van der Waals surface area contributed by atoms with Crippen molar-refractivity contribution in [1.82, 2.24) is 0 Å². The molecule has 0 fully saturated rings. The summed E-state index contributed by atoms with van der Waals surface area (Å²) in [6.07, 6.45) is 0.277. The van der Waals surface area contributed by atoms with Gasteiger partial charge in [0.1, 0.15) is 11.3 Å². The molecule has 0 aliphatic rings. The molecule has 0 aliphatic heterocycles. The number of methoxy groups -OCH3 is 1. The lowest BCUT2D eigenvalue weighted by molar-refractivity contribution is -0.142. The number of carbonyl (C=O) groups is 1. The van der Waals surface area contributed by atoms with Gasteiger partial charge in [-0.25, -0.2) is 0 Å². The molecule has 4 nitrogen and oxygen atoms in total. The van der Waals surface area contributed by atoms with E-state index in [1.54, 1.807) is 7.11 Å². The van der Waals surface area contributed by atoms with Gasteiger partial charge in [0.2, 0.25) is 0 Å². The predicted molar refractivity (Wildman–Crippen MR) is 61.7 cm³/mol. The van der Waals surface area contributed by atoms with Crippen molar-refractivity contribution < 1.29 is 14.6 Å². The number of benzene rings is 1. The minimum Gasteiger partial charge on any atom is -0.496 e. The highest BCUT2D eigenvalue weighted by molar-refractivity contribution is 5.78. The first-order valence-electron chi connectivity index (χ1n) is 5.02. The van der Waals surface area contributed by atoms with E-state index in [0.717, 1.165) is 16.9 Å². The number of rotatable bonds is 4. The number of aryl methyl sites for hydroxylation is 1. The molecule has 0 spiro atoms. The molecule has 0 heterocycles. The highest BCUT2D eigenvalue weighted by Gasteiger charge is 2.28. The molecule has 0 amide bonds. The number of carboxylic acid groups (broad SMARTS) is 1. The molecule has 3 N–H and O–H groups in total. The monoisotopic (exact) mass is 223 g/mol. The second kappa shape index (κ2) is 4.53. The van der Waals surface area contributed by atoms with Crippen LogP contribution in [0.15, 0.2) is 18.2 Å². The van der Waals surface area contributed by atoms with E-state index in [-0.39, 0.29) is 6.42 Å². The standard InChI is InChI=1S/C12H17NO3/c1-8-4-5-9(6-10(8)16-3)7-12(2,13)11(14)15/h4-6H,7,13H2,1-3H3,(H,14,15). The molecular formula is C12H17NO3. The Kier molecular flexibility index (Phi) is 3.55. The van der Waals surface area contributed by atoms with Crippen LogP contribution in [0.1, 0.15) is 18.1 Å². The third-order valence-electron chi connectivity index (χ3n) is 2.53. The molecular weight excluding hydrogens is 206 g/mol. The first kappa shape index (κ1) is 12.5. The van der Waals surface area contributed by atoms with Crippen molar-refractivity contribution in [3.8, 4) is 5.75 Å². The van der Waals surface area contributed by atoms with Crippen molar-refractivity contribution in [1.29, 1.82) is 0 Å². The van der Waals surface area contributed by atoms with Gasteiger partial charge in [0.25, 0.3) is 0 Å². The Balaban J connectivity index is 2.94. The summed E-state index contributed by atoms with van der Waals surface area (Å²) in [4.78, 5) is 10.9. The molecule has 0 bridgehead atoms. The molecule has 0 saturated carbocycles. The number of aliphatic carboxylic acids is 1. The highest BCUT2D eigenvalue weighted by Crippen LogP contribution is 2.21. The van der Waals surface area contributed by atoms with E-state index in [2.05, 4.69) is 0 Å². The maximum Gasteiger partial charge on any atom is 0.323 e. The summed E-state index contributed by atoms with van der Waals surface area (Å²) in [5.74, 6) is -0.259. The molecule has 0 aromatic heterocycles. The van der Waals surface area contributed by atoms with Gasteiger partial charge in [-0.15, -0.1) is 0 Å². The zero-order valence-electron chi connectivity index (χ0n) is 9.78. The Hall–Kier alpha value is -1.55. The molecule has 4 heteroatoms. The van der Waals surface area contributed by atoms with Crippen LogP contribution in [0.2, 0.25) is 0 Å². The molecule has 88 valence electrons. The van der Waals surface area contributed by atoms with Gasteiger partial charge in [0.15, 0.2) is 0 Å². The molecule has 0 saturated heterocycles. The topological polar surface area (TPSA) is 72.5 Å². The fraction of sp³-hybridized carbons (Fsp3) is 0.417. The van der Waals surface area contributed by atoms with Gasteiger partial charge in [-0.2, -0.15) is 0 Å². The van der Waals surface area contributed by atoms with Crippen molar-refractivity contribution >= 4 is 5.97 Å². The van der Waals surface area contributed by atoms with Crippen molar-refractivity contribution in [2.24, 2.45) is 5.73 Å². The van der Waals surface area contributed by atoms with Crippen molar-refractivity contribution in [2.45, 2.75) is 25.8 Å². The number of hydrogen-bond donors (Lipinski definition) is 2. The van der Waals surface area contributed by atoms with Gasteiger partial charge in [0.05, 0.1) is 7.11 Å². The summed E-state index contributed by atoms with van der Waals surface area (Å²) in [5, 5.41) is 8.93. The van der Waals surface area contributed by atoms with Crippen LogP contribution in [0.25, 0.3) is 0 Å². The normalized spacial score (nSPS) is 14.2. The third kappa shape index (κ3) is 2.73. The Morgan fingerprint density at radius 1 is 1.56 bits per heavy atom. The SMILES string of the molecule is COc1cc(CC(C)(N)C(=O)O)ccc1C. The Morgan fingerprint density at radius 2 is 2.19 bits per heavy atom. The minimum atomic E-state index is -1.25. The average Bonchev–Trinajstić information content (AvgIpc) is 2.20. The van der Waals surface area contributed by atoms with Crippen LogP contribution < -0.4 is 10.5 Å². The molecule has 1 atom stereocenters. The quantitative estimate of drug-likeness (QED) is 0.808. The van der Waals surface area contributed by atoms with Crippen molar-refractivity contribution in [3.63, 3.8) is 0 Å². The van der Waals surface area contributed by atoms with E-state index >= 15 is 0 Å². The molecule has 0 radical (unpaired) electrons. The van der Waals surface area contributed by atoms with Gasteiger partial charge < -0.3 is 15.6 Å². The summed E-state index contributed by atoms with van der Waals surface area (Å²) in [7, 11) is 1.59. The van der Waals surface area contributed by atoms with Gasteiger partial charge in [0, 0.05) is 6.42 Å². The maximum absolute atomic E-state index is 10.9. The highest BCUT2D eigenvalue weighted by atomic mass is 16.5. The van der Waals surface area contributed by atoms with E-state index in [9.17, 15) is 4.79 Å². The summed E-state index contributed by atoms with van der Waals surface area (Å²) >= 11 is 0. The molecule has 1 unspecified atom stereocenters. The summed E-state index contributed by atoms with van der Waals surface area (Å²) in [5.41, 5.74) is 6.30. The van der Waals surface area contributed by atoms with Crippen LogP contribution in [0, 0.1) is 6.92 Å². The molecule has 0 aliphatic carbocycles. The van der Waals surface area contributed by atoms with Crippen LogP contribution >= 0.6 is 0 Å². The lowest BCUT2D eigenvalue weighted by atomic mass is 9.93. The van der Waals surface area contributed by atoms with Crippen molar-refractivity contribution in [3.05, 3.63) is 29.3 Å². The molecule has 1 aromatic rings. The Labute approximate surface area is 95.0 Å². The van der Waals surface area contributed by atoms with Gasteiger partial charge in [-0.3, -0.25) is 4.79 Å². The molecule has 1 aromatic carbocycles. The van der Waals surface area contributed by atoms with E-state index in [1.165, 1.54) is 6.92 Å². The fourth-order valence-electron chi connectivity index (χ4n) is 1.47. The van der Waals surface area contributed by atoms with Crippen LogP contribution in [0.4, 0.5) is 0 Å². The first-order valence-corrected chi connectivity index (χ1v) is 5.02. The summed E-state index contributed by atoms with van der Waals surface area (Å²) < 4.78 is 5.17. The van der Waals surface area contributed by atoms with Gasteiger partial charge in [-0.1, -0.05) is 12.1 Å². The fourth-order valence-corrected chi connectivity index (χ4v) is 1.47. The number of hydrogen-bond acceptors (Lipinski definition) is 3. The zero-order chi connectivity index (χ0) is 12.3. The van der Waals surface area contributed by atoms with Crippen molar-refractivity contribution in [2.75, 3.05) is 7.11 Å². The largest absolute Gasteiger partial charge is 0.496 e. The second-order valence-corrected chi connectivity index (χ2v) is 4.20. The van der Waals surface area contributed by atoms with Crippen LogP contribution in [-0.4, -0.2) is 23.7 Å². The van der Waals surface area contributed by atoms with Crippen LogP contribution in [0.3, 0.4) is 0 Å². The van der Waals surface area contributed by atoms with E-state index < -0.39 is 11.5 Å². The second-order valence-electron chi connectivity index (χ2n) is 4.20. The smallest absolute Gasteiger partial charge is 0.323 e. The lowest BCUT2D eigenvalue weighted by Gasteiger charge is -2.19. The number of carboxylic acids is 1. The number of nitrogens with two attached hydrogens (primary N) is 1. The Morgan fingerprint density at radius 3 is 2.69 bits per heavy atom. The van der Waals surface area contributed by atoms with Gasteiger partial charge >= 0.3 is 5.97 Å². The third-order valence-corrected chi connectivity index (χ3v) is 2.53. The molecule has 1 rings (SSSR count). The molecule has 16 heavy (non-hydrogen) atoms. The zero-order valence-corrected chi connectivity index (χ0v) is 9.78. The minimum absolute atomic E-state index is 0.277. The number of ether oxygens (including phenoxy) is 1.